The topological polar surface area (TPSA) is 111 Å². The molecule has 116 valence electrons. The number of aromatic nitrogens is 2. The van der Waals surface area contributed by atoms with Crippen molar-refractivity contribution in [3.05, 3.63) is 20.8 Å². The zero-order chi connectivity index (χ0) is 15.6. The molecule has 2 heterocycles. The van der Waals surface area contributed by atoms with Gasteiger partial charge in [-0.15, -0.1) is 0 Å². The van der Waals surface area contributed by atoms with Crippen LogP contribution in [0.1, 0.15) is 26.2 Å². The van der Waals surface area contributed by atoms with Gasteiger partial charge in [-0.05, 0) is 12.8 Å². The predicted molar refractivity (Wildman–Crippen MR) is 80.3 cm³/mol. The number of rotatable bonds is 5. The second-order valence-electron chi connectivity index (χ2n) is 5.24. The van der Waals surface area contributed by atoms with E-state index < -0.39 is 11.2 Å². The highest BCUT2D eigenvalue weighted by atomic mass is 16.2. The number of nitrogens with two attached hydrogens (primary N) is 1. The summed E-state index contributed by atoms with van der Waals surface area (Å²) in [5.41, 5.74) is 5.30. The van der Waals surface area contributed by atoms with Crippen molar-refractivity contribution in [2.45, 2.75) is 38.8 Å². The minimum atomic E-state index is -0.450. The van der Waals surface area contributed by atoms with Gasteiger partial charge in [-0.1, -0.05) is 6.92 Å². The Morgan fingerprint density at radius 2 is 2.10 bits per heavy atom. The predicted octanol–water partition coefficient (Wildman–Crippen LogP) is -0.770. The highest BCUT2D eigenvalue weighted by molar-refractivity contribution is 5.78. The van der Waals surface area contributed by atoms with E-state index in [1.54, 1.807) is 0 Å². The van der Waals surface area contributed by atoms with E-state index in [1.165, 1.54) is 11.6 Å². The molecule has 1 aliphatic heterocycles. The van der Waals surface area contributed by atoms with Crippen LogP contribution in [-0.4, -0.2) is 27.6 Å². The second-order valence-corrected chi connectivity index (χ2v) is 5.24. The van der Waals surface area contributed by atoms with Gasteiger partial charge in [-0.2, -0.15) is 0 Å². The summed E-state index contributed by atoms with van der Waals surface area (Å²) in [6.07, 6.45) is 1.95. The van der Waals surface area contributed by atoms with Crippen LogP contribution in [0.3, 0.4) is 0 Å². The zero-order valence-electron chi connectivity index (χ0n) is 12.3. The number of hydrogen-bond acceptors (Lipinski definition) is 5. The normalized spacial score (nSPS) is 17.8. The maximum absolute atomic E-state index is 12.2. The largest absolute Gasteiger partial charge is 0.383 e. The molecule has 1 amide bonds. The van der Waals surface area contributed by atoms with Crippen molar-refractivity contribution in [3.8, 4) is 0 Å². The molecule has 1 saturated heterocycles. The Morgan fingerprint density at radius 1 is 1.38 bits per heavy atom. The first-order chi connectivity index (χ1) is 9.95. The minimum absolute atomic E-state index is 0.0126. The minimum Gasteiger partial charge on any atom is -0.383 e. The summed E-state index contributed by atoms with van der Waals surface area (Å²) >= 11 is 0. The Morgan fingerprint density at radius 3 is 2.67 bits per heavy atom. The van der Waals surface area contributed by atoms with Crippen molar-refractivity contribution in [1.29, 1.82) is 0 Å². The first-order valence-electron chi connectivity index (χ1n) is 7.08. The third-order valence-electron chi connectivity index (χ3n) is 3.64. The lowest BCUT2D eigenvalue weighted by Gasteiger charge is -2.17. The highest BCUT2D eigenvalue weighted by Crippen LogP contribution is 2.13. The third-order valence-corrected chi connectivity index (χ3v) is 3.64. The lowest BCUT2D eigenvalue weighted by atomic mass is 10.2. The summed E-state index contributed by atoms with van der Waals surface area (Å²) in [4.78, 5) is 35.3. The van der Waals surface area contributed by atoms with Crippen molar-refractivity contribution in [1.82, 2.24) is 14.5 Å². The molecule has 1 fully saturated rings. The van der Waals surface area contributed by atoms with E-state index in [0.29, 0.717) is 19.5 Å². The van der Waals surface area contributed by atoms with Crippen molar-refractivity contribution in [2.24, 2.45) is 7.05 Å². The number of amides is 1. The van der Waals surface area contributed by atoms with E-state index in [1.807, 2.05) is 6.92 Å². The average Bonchev–Trinajstić information content (AvgIpc) is 2.87. The SMILES string of the molecule is CCCn1c(N)c(NCC2CCC(=O)N2)c(=O)n(C)c1=O. The van der Waals surface area contributed by atoms with Gasteiger partial charge >= 0.3 is 5.69 Å². The number of hydrogen-bond donors (Lipinski definition) is 3. The molecule has 8 nitrogen and oxygen atoms in total. The number of nitrogens with one attached hydrogen (secondary N) is 2. The number of nitrogens with zero attached hydrogens (tertiary/aromatic N) is 2. The van der Waals surface area contributed by atoms with Crippen molar-refractivity contribution < 1.29 is 4.79 Å². The maximum Gasteiger partial charge on any atom is 0.332 e. The lowest BCUT2D eigenvalue weighted by molar-refractivity contribution is -0.119. The first-order valence-corrected chi connectivity index (χ1v) is 7.08. The van der Waals surface area contributed by atoms with E-state index in [2.05, 4.69) is 10.6 Å². The van der Waals surface area contributed by atoms with Crippen molar-refractivity contribution in [3.63, 3.8) is 0 Å². The number of carbonyl (C=O) groups excluding carboxylic acids is 1. The molecule has 4 N–H and O–H groups in total. The van der Waals surface area contributed by atoms with E-state index in [9.17, 15) is 14.4 Å². The molecule has 0 spiro atoms. The first kappa shape index (κ1) is 15.1. The standard InChI is InChI=1S/C13H21N5O3/c1-3-6-18-11(14)10(12(20)17(2)13(18)21)15-7-8-4-5-9(19)16-8/h8,15H,3-7,14H2,1-2H3,(H,16,19). The van der Waals surface area contributed by atoms with Crippen LogP contribution in [0.5, 0.6) is 0 Å². The summed E-state index contributed by atoms with van der Waals surface area (Å²) in [5, 5.41) is 5.79. The summed E-state index contributed by atoms with van der Waals surface area (Å²) in [5.74, 6) is 0.160. The van der Waals surface area contributed by atoms with Gasteiger partial charge in [0.05, 0.1) is 0 Å². The van der Waals surface area contributed by atoms with E-state index in [4.69, 9.17) is 5.73 Å². The third kappa shape index (κ3) is 2.93. The van der Waals surface area contributed by atoms with Crippen molar-refractivity contribution in [2.75, 3.05) is 17.6 Å². The van der Waals surface area contributed by atoms with Crippen LogP contribution >= 0.6 is 0 Å². The fourth-order valence-corrected chi connectivity index (χ4v) is 2.44. The molecule has 0 radical (unpaired) electrons. The smallest absolute Gasteiger partial charge is 0.332 e. The van der Waals surface area contributed by atoms with Crippen LogP contribution in [0, 0.1) is 0 Å². The Bertz CT molecular complexity index is 661. The Balaban J connectivity index is 2.28. The Kier molecular flexibility index (Phi) is 4.35. The molecular weight excluding hydrogens is 274 g/mol. The second kappa shape index (κ2) is 6.02. The average molecular weight is 295 g/mol. The molecule has 1 aliphatic rings. The van der Waals surface area contributed by atoms with Crippen LogP contribution in [0.2, 0.25) is 0 Å². The molecule has 0 aromatic carbocycles. The van der Waals surface area contributed by atoms with E-state index in [-0.39, 0.29) is 23.5 Å². The molecule has 0 saturated carbocycles. The van der Waals surface area contributed by atoms with Gasteiger partial charge in [0.15, 0.2) is 0 Å². The van der Waals surface area contributed by atoms with Gasteiger partial charge in [-0.3, -0.25) is 18.7 Å². The van der Waals surface area contributed by atoms with Gasteiger partial charge < -0.3 is 16.4 Å². The molecule has 8 heteroatoms. The van der Waals surface area contributed by atoms with E-state index in [0.717, 1.165) is 17.4 Å². The van der Waals surface area contributed by atoms with Gasteiger partial charge in [0.25, 0.3) is 5.56 Å². The Hall–Kier alpha value is -2.25. The van der Waals surface area contributed by atoms with Crippen molar-refractivity contribution >= 4 is 17.4 Å². The molecule has 1 unspecified atom stereocenters. The Labute approximate surface area is 121 Å². The monoisotopic (exact) mass is 295 g/mol. The fraction of sp³-hybridized carbons (Fsp3) is 0.615. The summed E-state index contributed by atoms with van der Waals surface area (Å²) < 4.78 is 2.43. The molecule has 0 bridgehead atoms. The summed E-state index contributed by atoms with van der Waals surface area (Å²) in [6.45, 7) is 2.79. The summed E-state index contributed by atoms with van der Waals surface area (Å²) in [7, 11) is 1.43. The van der Waals surface area contributed by atoms with Crippen LogP contribution < -0.4 is 27.6 Å². The highest BCUT2D eigenvalue weighted by Gasteiger charge is 2.22. The van der Waals surface area contributed by atoms with Gasteiger partial charge in [0.1, 0.15) is 11.5 Å². The number of anilines is 2. The molecule has 1 atom stereocenters. The van der Waals surface area contributed by atoms with Crippen LogP contribution in [0.4, 0.5) is 11.5 Å². The van der Waals surface area contributed by atoms with Crippen LogP contribution in [0.25, 0.3) is 0 Å². The molecule has 1 aromatic heterocycles. The quantitative estimate of drug-likeness (QED) is 0.660. The van der Waals surface area contributed by atoms with E-state index >= 15 is 0 Å². The van der Waals surface area contributed by atoms with Crippen LogP contribution in [-0.2, 0) is 18.4 Å². The fourth-order valence-electron chi connectivity index (χ4n) is 2.44. The summed E-state index contributed by atoms with van der Waals surface area (Å²) in [6, 6.07) is -0.0202. The number of nitrogen functional groups attached to an aromatic ring is 1. The molecular formula is C13H21N5O3. The van der Waals surface area contributed by atoms with Gasteiger partial charge in [0, 0.05) is 32.6 Å². The van der Waals surface area contributed by atoms with Gasteiger partial charge in [0.2, 0.25) is 5.91 Å². The number of carbonyl (C=O) groups is 1. The zero-order valence-corrected chi connectivity index (χ0v) is 12.3. The molecule has 0 aliphatic carbocycles. The maximum atomic E-state index is 12.2. The van der Waals surface area contributed by atoms with Gasteiger partial charge in [-0.25, -0.2) is 4.79 Å². The molecule has 1 aromatic rings. The molecule has 21 heavy (non-hydrogen) atoms. The molecule has 2 rings (SSSR count). The van der Waals surface area contributed by atoms with Crippen LogP contribution in [0.15, 0.2) is 9.59 Å². The lowest BCUT2D eigenvalue weighted by Crippen LogP contribution is -2.42.